The highest BCUT2D eigenvalue weighted by Gasteiger charge is 2.17. The molecule has 0 spiro atoms. The fourth-order valence-electron chi connectivity index (χ4n) is 1.35. The molecule has 0 heterocycles. The van der Waals surface area contributed by atoms with Crippen molar-refractivity contribution in [2.75, 3.05) is 0 Å². The Morgan fingerprint density at radius 1 is 1.27 bits per heavy atom. The van der Waals surface area contributed by atoms with E-state index in [0.29, 0.717) is 25.0 Å². The van der Waals surface area contributed by atoms with Crippen molar-refractivity contribution in [3.8, 4) is 0 Å². The van der Waals surface area contributed by atoms with Crippen LogP contribution in [0.25, 0.3) is 0 Å². The van der Waals surface area contributed by atoms with Gasteiger partial charge in [0.15, 0.2) is 0 Å². The second-order valence-electron chi connectivity index (χ2n) is 3.26. The lowest BCUT2D eigenvalue weighted by Crippen LogP contribution is -2.14. The molecule has 0 saturated carbocycles. The van der Waals surface area contributed by atoms with Crippen LogP contribution < -0.4 is 5.73 Å². The zero-order chi connectivity index (χ0) is 11.4. The lowest BCUT2D eigenvalue weighted by atomic mass is 10.0. The Morgan fingerprint density at radius 2 is 1.80 bits per heavy atom. The van der Waals surface area contributed by atoms with Crippen molar-refractivity contribution in [3.63, 3.8) is 0 Å². The fourth-order valence-corrected chi connectivity index (χ4v) is 1.35. The summed E-state index contributed by atoms with van der Waals surface area (Å²) in [5, 5.41) is 0. The average Bonchev–Trinajstić information content (AvgIpc) is 2.12. The molecule has 0 radical (unpaired) electrons. The van der Waals surface area contributed by atoms with Gasteiger partial charge in [-0.15, -0.1) is 6.58 Å². The van der Waals surface area contributed by atoms with Gasteiger partial charge in [0.25, 0.3) is 0 Å². The maximum absolute atomic E-state index is 13.2. The summed E-state index contributed by atoms with van der Waals surface area (Å²) in [4.78, 5) is 0. The molecule has 1 atom stereocenters. The van der Waals surface area contributed by atoms with Gasteiger partial charge in [-0.25, -0.2) is 13.2 Å². The first-order valence-corrected chi connectivity index (χ1v) is 4.57. The molecule has 0 saturated heterocycles. The highest BCUT2D eigenvalue weighted by atomic mass is 19.1. The molecular formula is C11H12F3N. The van der Waals surface area contributed by atoms with Crippen molar-refractivity contribution >= 4 is 0 Å². The lowest BCUT2D eigenvalue weighted by molar-refractivity contribution is 0.494. The summed E-state index contributed by atoms with van der Waals surface area (Å²) >= 11 is 0. The number of hydrogen-bond donors (Lipinski definition) is 1. The van der Waals surface area contributed by atoms with E-state index in [1.54, 1.807) is 6.08 Å². The average molecular weight is 215 g/mol. The monoisotopic (exact) mass is 215 g/mol. The van der Waals surface area contributed by atoms with Crippen LogP contribution in [0.3, 0.4) is 0 Å². The van der Waals surface area contributed by atoms with Gasteiger partial charge in [0.2, 0.25) is 0 Å². The molecule has 0 aliphatic rings. The number of nitrogens with two attached hydrogens (primary N) is 1. The van der Waals surface area contributed by atoms with Gasteiger partial charge in [0, 0.05) is 23.7 Å². The molecule has 0 amide bonds. The standard InChI is InChI=1S/C11H12F3N/c1-2-3-4-10(15)11-8(13)5-7(12)6-9(11)14/h2,5-6,10H,1,3-4,15H2/t10-/m1/s1. The first-order chi connectivity index (χ1) is 7.06. The largest absolute Gasteiger partial charge is 0.324 e. The Bertz CT molecular complexity index is 340. The summed E-state index contributed by atoms with van der Waals surface area (Å²) in [6, 6.07) is 0.488. The van der Waals surface area contributed by atoms with E-state index in [1.807, 2.05) is 0 Å². The number of halogens is 3. The quantitative estimate of drug-likeness (QED) is 0.767. The third kappa shape index (κ3) is 2.83. The summed E-state index contributed by atoms with van der Waals surface area (Å²) in [6.45, 7) is 3.48. The maximum Gasteiger partial charge on any atom is 0.133 e. The molecule has 0 aromatic heterocycles. The molecule has 82 valence electrons. The van der Waals surface area contributed by atoms with Gasteiger partial charge in [0.1, 0.15) is 17.5 Å². The van der Waals surface area contributed by atoms with Crippen LogP contribution in [-0.4, -0.2) is 0 Å². The minimum Gasteiger partial charge on any atom is -0.324 e. The van der Waals surface area contributed by atoms with E-state index in [-0.39, 0.29) is 5.56 Å². The molecular weight excluding hydrogens is 203 g/mol. The molecule has 0 aliphatic carbocycles. The molecule has 1 rings (SSSR count). The summed E-state index contributed by atoms with van der Waals surface area (Å²) in [6.07, 6.45) is 2.54. The first kappa shape index (κ1) is 11.8. The Hall–Kier alpha value is -1.29. The van der Waals surface area contributed by atoms with Crippen LogP contribution in [0.5, 0.6) is 0 Å². The maximum atomic E-state index is 13.2. The van der Waals surface area contributed by atoms with Gasteiger partial charge in [-0.1, -0.05) is 6.08 Å². The van der Waals surface area contributed by atoms with Crippen molar-refractivity contribution in [2.45, 2.75) is 18.9 Å². The van der Waals surface area contributed by atoms with E-state index in [9.17, 15) is 13.2 Å². The van der Waals surface area contributed by atoms with E-state index >= 15 is 0 Å². The molecule has 0 unspecified atom stereocenters. The predicted molar refractivity (Wildman–Crippen MR) is 52.7 cm³/mol. The fraction of sp³-hybridized carbons (Fsp3) is 0.273. The van der Waals surface area contributed by atoms with E-state index in [2.05, 4.69) is 6.58 Å². The first-order valence-electron chi connectivity index (χ1n) is 4.57. The Kier molecular flexibility index (Phi) is 3.91. The highest BCUT2D eigenvalue weighted by Crippen LogP contribution is 2.23. The topological polar surface area (TPSA) is 26.0 Å². The van der Waals surface area contributed by atoms with Crippen molar-refractivity contribution in [1.29, 1.82) is 0 Å². The van der Waals surface area contributed by atoms with E-state index in [4.69, 9.17) is 5.73 Å². The summed E-state index contributed by atoms with van der Waals surface area (Å²) in [5.74, 6) is -2.82. The van der Waals surface area contributed by atoms with Crippen LogP contribution in [0.15, 0.2) is 24.8 Å². The van der Waals surface area contributed by atoms with Crippen molar-refractivity contribution in [1.82, 2.24) is 0 Å². The smallest absolute Gasteiger partial charge is 0.133 e. The summed E-state index contributed by atoms with van der Waals surface area (Å²) in [7, 11) is 0. The molecule has 1 aromatic rings. The number of benzene rings is 1. The third-order valence-electron chi connectivity index (χ3n) is 2.10. The van der Waals surface area contributed by atoms with Crippen molar-refractivity contribution in [2.24, 2.45) is 5.73 Å². The van der Waals surface area contributed by atoms with Crippen LogP contribution in [0.1, 0.15) is 24.4 Å². The molecule has 4 heteroatoms. The third-order valence-corrected chi connectivity index (χ3v) is 2.10. The lowest BCUT2D eigenvalue weighted by Gasteiger charge is -2.12. The van der Waals surface area contributed by atoms with Crippen LogP contribution in [-0.2, 0) is 0 Å². The van der Waals surface area contributed by atoms with E-state index in [0.717, 1.165) is 0 Å². The van der Waals surface area contributed by atoms with Gasteiger partial charge in [-0.05, 0) is 12.8 Å². The molecule has 0 fully saturated rings. The van der Waals surface area contributed by atoms with E-state index < -0.39 is 23.5 Å². The van der Waals surface area contributed by atoms with Crippen LogP contribution in [0, 0.1) is 17.5 Å². The highest BCUT2D eigenvalue weighted by molar-refractivity contribution is 5.24. The Morgan fingerprint density at radius 3 is 2.27 bits per heavy atom. The molecule has 1 nitrogen and oxygen atoms in total. The Labute approximate surface area is 86.4 Å². The number of hydrogen-bond acceptors (Lipinski definition) is 1. The second kappa shape index (κ2) is 4.98. The molecule has 0 bridgehead atoms. The zero-order valence-corrected chi connectivity index (χ0v) is 8.14. The Balaban J connectivity index is 2.97. The van der Waals surface area contributed by atoms with Gasteiger partial charge in [-0.3, -0.25) is 0 Å². The van der Waals surface area contributed by atoms with E-state index in [1.165, 1.54) is 0 Å². The molecule has 0 aliphatic heterocycles. The summed E-state index contributed by atoms with van der Waals surface area (Å²) < 4.78 is 39.0. The van der Waals surface area contributed by atoms with Crippen LogP contribution in [0.4, 0.5) is 13.2 Å². The number of rotatable bonds is 4. The van der Waals surface area contributed by atoms with Gasteiger partial charge < -0.3 is 5.73 Å². The molecule has 2 N–H and O–H groups in total. The van der Waals surface area contributed by atoms with Gasteiger partial charge in [-0.2, -0.15) is 0 Å². The predicted octanol–water partition coefficient (Wildman–Crippen LogP) is 3.07. The molecule has 15 heavy (non-hydrogen) atoms. The van der Waals surface area contributed by atoms with Crippen LogP contribution in [0.2, 0.25) is 0 Å². The van der Waals surface area contributed by atoms with Crippen LogP contribution >= 0.6 is 0 Å². The molecule has 1 aromatic carbocycles. The zero-order valence-electron chi connectivity index (χ0n) is 8.14. The van der Waals surface area contributed by atoms with Crippen molar-refractivity contribution < 1.29 is 13.2 Å². The minimum absolute atomic E-state index is 0.266. The summed E-state index contributed by atoms with van der Waals surface area (Å²) in [5.41, 5.74) is 5.32. The number of allylic oxidation sites excluding steroid dienone is 1. The second-order valence-corrected chi connectivity index (χ2v) is 3.26. The van der Waals surface area contributed by atoms with Crippen molar-refractivity contribution in [3.05, 3.63) is 47.8 Å². The van der Waals surface area contributed by atoms with Gasteiger partial charge >= 0.3 is 0 Å². The normalized spacial score (nSPS) is 12.5. The van der Waals surface area contributed by atoms with Gasteiger partial charge in [0.05, 0.1) is 0 Å². The SMILES string of the molecule is C=CCC[C@@H](N)c1c(F)cc(F)cc1F. The minimum atomic E-state index is -0.941.